The van der Waals surface area contributed by atoms with E-state index in [0.29, 0.717) is 0 Å². The van der Waals surface area contributed by atoms with Crippen LogP contribution in [0, 0.1) is 25.5 Å². The number of aliphatic carboxylic acids is 2. The van der Waals surface area contributed by atoms with E-state index in [1.807, 2.05) is 0 Å². The number of halogens is 4. The number of aryl methyl sites for hydroxylation is 2. The number of carbonyl (C=O) groups excluding carboxylic acids is 4. The van der Waals surface area contributed by atoms with Gasteiger partial charge in [-0.1, -0.05) is 45.6 Å². The molecule has 6 heterocycles. The summed E-state index contributed by atoms with van der Waals surface area (Å²) >= 11 is 14.8. The standard InChI is InChI=1S/2C19H17ClFN3O5S/c2*1-7-10(12(23-29-7)11-8(20)5-4-6-9(11)21)15(25)22-13-16(26)24-14(18(27)28)19(2,3)30-17(13)24/h2*4-6,13-14,17H,1-3H3,(H,22,25)(H,27,28)/t2*13-,14+,17-/m11/s1. The van der Waals surface area contributed by atoms with E-state index < -0.39 is 91.6 Å². The Morgan fingerprint density at radius 3 is 1.37 bits per heavy atom. The number of rotatable bonds is 8. The largest absolute Gasteiger partial charge is 0.480 e. The lowest BCUT2D eigenvalue weighted by Gasteiger charge is -2.43. The summed E-state index contributed by atoms with van der Waals surface area (Å²) in [5.41, 5.74) is -0.371. The second kappa shape index (κ2) is 15.4. The zero-order valence-electron chi connectivity index (χ0n) is 32.2. The maximum atomic E-state index is 14.4. The Hall–Kier alpha value is -5.18. The van der Waals surface area contributed by atoms with Gasteiger partial charge < -0.3 is 39.7 Å². The lowest BCUT2D eigenvalue weighted by molar-refractivity contribution is -0.159. The quantitative estimate of drug-likeness (QED) is 0.163. The predicted octanol–water partition coefficient (Wildman–Crippen LogP) is 5.38. The number of nitrogens with zero attached hydrogens (tertiary/aromatic N) is 4. The van der Waals surface area contributed by atoms with E-state index in [0.717, 1.165) is 0 Å². The molecular weight excluding hydrogens is 873 g/mol. The van der Waals surface area contributed by atoms with Crippen LogP contribution in [0.15, 0.2) is 45.4 Å². The minimum absolute atomic E-state index is 0.0368. The second-order valence-corrected chi connectivity index (χ2v) is 19.6. The minimum atomic E-state index is -1.10. The van der Waals surface area contributed by atoms with Crippen LogP contribution in [0.3, 0.4) is 0 Å². The third-order valence-corrected chi connectivity index (χ3v) is 14.3. The topological polar surface area (TPSA) is 225 Å². The van der Waals surface area contributed by atoms with Crippen molar-refractivity contribution in [3.05, 3.63) is 80.7 Å². The van der Waals surface area contributed by atoms with E-state index in [9.17, 15) is 47.8 Å². The minimum Gasteiger partial charge on any atom is -0.480 e. The molecule has 4 fully saturated rings. The van der Waals surface area contributed by atoms with Crippen molar-refractivity contribution in [1.82, 2.24) is 30.7 Å². The molecule has 316 valence electrons. The number of carbonyl (C=O) groups is 6. The Bertz CT molecular complexity index is 2310. The summed E-state index contributed by atoms with van der Waals surface area (Å²) in [6.45, 7) is 9.94. The SMILES string of the molecule is Cc1onc(-c2c(F)cccc2Cl)c1C(=O)N[C@@H]1C(=O)N2[C@@H]1SC(C)(C)[C@@H]2C(=O)O.Cc1onc(-c2c(F)cccc2Cl)c1C(=O)N[C@@H]1C(=O)N2[C@@H]1SC(C)(C)[C@@H]2C(=O)O. The highest BCUT2D eigenvalue weighted by Crippen LogP contribution is 2.52. The van der Waals surface area contributed by atoms with E-state index in [4.69, 9.17) is 32.2 Å². The normalized spacial score (nSPS) is 24.4. The van der Waals surface area contributed by atoms with Gasteiger partial charge in [-0.05, 0) is 65.8 Å². The van der Waals surface area contributed by atoms with Gasteiger partial charge >= 0.3 is 11.9 Å². The fraction of sp³-hybridized carbons (Fsp3) is 0.368. The molecular formula is C38H34Cl2F2N6O10S2. The van der Waals surface area contributed by atoms with Crippen LogP contribution in [0.1, 0.15) is 59.9 Å². The van der Waals surface area contributed by atoms with Gasteiger partial charge in [-0.2, -0.15) is 0 Å². The molecule has 2 aromatic heterocycles. The third-order valence-electron chi connectivity index (χ3n) is 10.5. The first-order valence-corrected chi connectivity index (χ1v) is 20.5. The number of benzene rings is 2. The molecule has 8 rings (SSSR count). The second-order valence-electron chi connectivity index (χ2n) is 15.2. The van der Waals surface area contributed by atoms with Gasteiger partial charge in [0.1, 0.15) is 80.6 Å². The number of carboxylic acid groups (broad SMARTS) is 2. The molecule has 4 N–H and O–H groups in total. The van der Waals surface area contributed by atoms with Gasteiger partial charge in [-0.15, -0.1) is 23.5 Å². The zero-order chi connectivity index (χ0) is 43.9. The number of thioether (sulfide) groups is 2. The van der Waals surface area contributed by atoms with Gasteiger partial charge in [0, 0.05) is 9.49 Å². The van der Waals surface area contributed by atoms with Crippen molar-refractivity contribution in [2.24, 2.45) is 0 Å². The van der Waals surface area contributed by atoms with Crippen LogP contribution >= 0.6 is 46.7 Å². The predicted molar refractivity (Wildman–Crippen MR) is 213 cm³/mol. The van der Waals surface area contributed by atoms with Crippen LogP contribution < -0.4 is 10.6 Å². The summed E-state index contributed by atoms with van der Waals surface area (Å²) in [6.07, 6.45) is 0. The fourth-order valence-corrected chi connectivity index (χ4v) is 11.5. The van der Waals surface area contributed by atoms with Gasteiger partial charge in [0.05, 0.1) is 21.2 Å². The maximum Gasteiger partial charge on any atom is 0.327 e. The highest BCUT2D eigenvalue weighted by atomic mass is 35.5. The molecule has 0 unspecified atom stereocenters. The van der Waals surface area contributed by atoms with Crippen LogP contribution in [-0.4, -0.2) is 110 Å². The number of amides is 4. The van der Waals surface area contributed by atoms with E-state index in [1.165, 1.54) is 83.6 Å². The number of nitrogens with one attached hydrogen (secondary N) is 2. The first kappa shape index (κ1) is 42.9. The Kier molecular flexibility index (Phi) is 11.0. The van der Waals surface area contributed by atoms with Crippen LogP contribution in [0.2, 0.25) is 10.0 Å². The van der Waals surface area contributed by atoms with Crippen molar-refractivity contribution < 1.29 is 56.8 Å². The van der Waals surface area contributed by atoms with Crippen LogP contribution in [0.4, 0.5) is 8.78 Å². The first-order valence-electron chi connectivity index (χ1n) is 18.0. The summed E-state index contributed by atoms with van der Waals surface area (Å²) in [6, 6.07) is 4.34. The lowest BCUT2D eigenvalue weighted by Crippen LogP contribution is -2.70. The van der Waals surface area contributed by atoms with Crippen molar-refractivity contribution in [2.75, 3.05) is 0 Å². The van der Waals surface area contributed by atoms with Gasteiger partial charge in [0.25, 0.3) is 11.8 Å². The molecule has 0 aliphatic carbocycles. The van der Waals surface area contributed by atoms with Crippen LogP contribution in [0.25, 0.3) is 22.5 Å². The lowest BCUT2D eigenvalue weighted by atomic mass is 9.95. The molecule has 4 aliphatic heterocycles. The molecule has 0 spiro atoms. The van der Waals surface area contributed by atoms with E-state index in [2.05, 4.69) is 20.9 Å². The summed E-state index contributed by atoms with van der Waals surface area (Å²) in [5, 5.41) is 30.9. The van der Waals surface area contributed by atoms with Gasteiger partial charge in [0.2, 0.25) is 11.8 Å². The molecule has 0 bridgehead atoms. The van der Waals surface area contributed by atoms with Crippen molar-refractivity contribution in [2.45, 2.75) is 86.0 Å². The monoisotopic (exact) mass is 906 g/mol. The summed E-state index contributed by atoms with van der Waals surface area (Å²) in [4.78, 5) is 77.0. The summed E-state index contributed by atoms with van der Waals surface area (Å²) in [5.74, 6) is -5.62. The molecule has 0 radical (unpaired) electrons. The van der Waals surface area contributed by atoms with Crippen molar-refractivity contribution >= 4 is 82.3 Å². The van der Waals surface area contributed by atoms with Gasteiger partial charge in [0.15, 0.2) is 0 Å². The van der Waals surface area contributed by atoms with Crippen LogP contribution in [0.5, 0.6) is 0 Å². The van der Waals surface area contributed by atoms with Crippen LogP contribution in [-0.2, 0) is 19.2 Å². The van der Waals surface area contributed by atoms with Crippen molar-refractivity contribution in [3.8, 4) is 22.5 Å². The summed E-state index contributed by atoms with van der Waals surface area (Å²) in [7, 11) is 0. The third kappa shape index (κ3) is 6.95. The number of hydrogen-bond donors (Lipinski definition) is 4. The molecule has 22 heteroatoms. The fourth-order valence-electron chi connectivity index (χ4n) is 7.79. The molecule has 4 saturated heterocycles. The van der Waals surface area contributed by atoms with Gasteiger partial charge in [-0.25, -0.2) is 18.4 Å². The Morgan fingerprint density at radius 2 is 1.05 bits per heavy atom. The molecule has 16 nitrogen and oxygen atoms in total. The number of fused-ring (bicyclic) bond motifs is 2. The number of aromatic nitrogens is 2. The maximum absolute atomic E-state index is 14.4. The molecule has 4 aliphatic rings. The average molecular weight is 908 g/mol. The number of hydrogen-bond acceptors (Lipinski definition) is 12. The number of β-lactam (4-membered cyclic amide) rings is 2. The van der Waals surface area contributed by atoms with E-state index in [-0.39, 0.29) is 55.2 Å². The zero-order valence-corrected chi connectivity index (χ0v) is 35.4. The van der Waals surface area contributed by atoms with Gasteiger partial charge in [-0.3, -0.25) is 19.2 Å². The van der Waals surface area contributed by atoms with E-state index >= 15 is 0 Å². The highest BCUT2D eigenvalue weighted by Gasteiger charge is 2.65. The Balaban J connectivity index is 0.000000181. The number of carboxylic acids is 2. The molecule has 6 atom stereocenters. The molecule has 2 aromatic carbocycles. The van der Waals surface area contributed by atoms with Crippen molar-refractivity contribution in [3.63, 3.8) is 0 Å². The van der Waals surface area contributed by atoms with E-state index in [1.54, 1.807) is 27.7 Å². The average Bonchev–Trinajstić information content (AvgIpc) is 3.87. The molecule has 4 amide bonds. The smallest absolute Gasteiger partial charge is 0.327 e. The Labute approximate surface area is 357 Å². The van der Waals surface area contributed by atoms with Crippen molar-refractivity contribution in [1.29, 1.82) is 0 Å². The highest BCUT2D eigenvalue weighted by molar-refractivity contribution is 8.02. The molecule has 0 saturated carbocycles. The Morgan fingerprint density at radius 1 is 0.700 bits per heavy atom. The first-order chi connectivity index (χ1) is 28.1. The summed E-state index contributed by atoms with van der Waals surface area (Å²) < 4.78 is 37.5. The molecule has 4 aromatic rings. The molecule has 60 heavy (non-hydrogen) atoms.